The molecule has 1 aromatic carbocycles. The highest BCUT2D eigenvalue weighted by Gasteiger charge is 2.24. The summed E-state index contributed by atoms with van der Waals surface area (Å²) < 4.78 is 27.5. The lowest BCUT2D eigenvalue weighted by Gasteiger charge is -2.25. The smallest absolute Gasteiger partial charge is 0.130 e. The van der Waals surface area contributed by atoms with E-state index in [4.69, 9.17) is 0 Å². The predicted octanol–water partition coefficient (Wildman–Crippen LogP) is 4.05. The van der Waals surface area contributed by atoms with Crippen LogP contribution in [-0.2, 0) is 0 Å². The van der Waals surface area contributed by atoms with Gasteiger partial charge in [-0.15, -0.1) is 0 Å². The second-order valence-corrected chi connectivity index (χ2v) is 4.44. The maximum absolute atomic E-state index is 13.7. The van der Waals surface area contributed by atoms with E-state index in [1.165, 1.54) is 18.2 Å². The average Bonchev–Trinajstić information content (AvgIpc) is 2.28. The van der Waals surface area contributed by atoms with Gasteiger partial charge >= 0.3 is 0 Å². The van der Waals surface area contributed by atoms with E-state index in [9.17, 15) is 8.78 Å². The Bertz CT molecular complexity index is 332. The minimum atomic E-state index is -0.459. The van der Waals surface area contributed by atoms with Crippen LogP contribution in [0.25, 0.3) is 0 Å². The van der Waals surface area contributed by atoms with Crippen LogP contribution in [-0.4, -0.2) is 6.54 Å². The summed E-state index contributed by atoms with van der Waals surface area (Å²) in [6.45, 7) is 6.76. The minimum absolute atomic E-state index is 0.176. The Balaban J connectivity index is 3.04. The molecule has 0 heterocycles. The Hall–Kier alpha value is -0.960. The molecule has 17 heavy (non-hydrogen) atoms. The number of benzene rings is 1. The van der Waals surface area contributed by atoms with Gasteiger partial charge in [-0.25, -0.2) is 8.78 Å². The van der Waals surface area contributed by atoms with Gasteiger partial charge < -0.3 is 5.32 Å². The number of rotatable bonds is 6. The van der Waals surface area contributed by atoms with Crippen molar-refractivity contribution in [3.63, 3.8) is 0 Å². The maximum Gasteiger partial charge on any atom is 0.130 e. The summed E-state index contributed by atoms with van der Waals surface area (Å²) in [6, 6.07) is 3.80. The molecule has 0 aromatic heterocycles. The number of hydrogen-bond acceptors (Lipinski definition) is 1. The average molecular weight is 241 g/mol. The van der Waals surface area contributed by atoms with Crippen molar-refractivity contribution in [2.75, 3.05) is 6.54 Å². The summed E-state index contributed by atoms with van der Waals surface area (Å²) in [5, 5.41) is 3.19. The van der Waals surface area contributed by atoms with Crippen molar-refractivity contribution in [2.24, 2.45) is 5.92 Å². The molecule has 1 N–H and O–H groups in total. The summed E-state index contributed by atoms with van der Waals surface area (Å²) in [7, 11) is 0. The normalized spacial score (nSPS) is 14.6. The second-order valence-electron chi connectivity index (χ2n) is 4.44. The Labute approximate surface area is 102 Å². The lowest BCUT2D eigenvalue weighted by atomic mass is 9.90. The van der Waals surface area contributed by atoms with Crippen molar-refractivity contribution in [1.29, 1.82) is 0 Å². The van der Waals surface area contributed by atoms with Gasteiger partial charge in [0, 0.05) is 11.6 Å². The van der Waals surface area contributed by atoms with Gasteiger partial charge in [-0.3, -0.25) is 0 Å². The Morgan fingerprint density at radius 1 is 1.18 bits per heavy atom. The van der Waals surface area contributed by atoms with Crippen LogP contribution >= 0.6 is 0 Å². The third-order valence-electron chi connectivity index (χ3n) is 3.05. The second kappa shape index (κ2) is 6.70. The fourth-order valence-electron chi connectivity index (χ4n) is 2.24. The van der Waals surface area contributed by atoms with E-state index in [1.54, 1.807) is 0 Å². The molecular weight excluding hydrogens is 220 g/mol. The maximum atomic E-state index is 13.7. The summed E-state index contributed by atoms with van der Waals surface area (Å²) in [5.41, 5.74) is 0.176. The summed E-state index contributed by atoms with van der Waals surface area (Å²) in [6.07, 6.45) is 1.96. The molecule has 0 radical (unpaired) electrons. The fourth-order valence-corrected chi connectivity index (χ4v) is 2.24. The van der Waals surface area contributed by atoms with E-state index in [-0.39, 0.29) is 17.5 Å². The largest absolute Gasteiger partial charge is 0.310 e. The molecule has 3 heteroatoms. The molecule has 0 fully saturated rings. The van der Waals surface area contributed by atoms with Crippen LogP contribution < -0.4 is 5.32 Å². The molecule has 0 aliphatic carbocycles. The first-order valence-electron chi connectivity index (χ1n) is 6.29. The first-order valence-corrected chi connectivity index (χ1v) is 6.29. The third-order valence-corrected chi connectivity index (χ3v) is 3.05. The van der Waals surface area contributed by atoms with Crippen molar-refractivity contribution < 1.29 is 8.78 Å². The van der Waals surface area contributed by atoms with Crippen molar-refractivity contribution in [3.8, 4) is 0 Å². The van der Waals surface area contributed by atoms with E-state index < -0.39 is 11.6 Å². The Morgan fingerprint density at radius 2 is 1.76 bits per heavy atom. The van der Waals surface area contributed by atoms with Crippen LogP contribution in [0.4, 0.5) is 8.78 Å². The summed E-state index contributed by atoms with van der Waals surface area (Å²) in [4.78, 5) is 0. The molecule has 0 aliphatic rings. The monoisotopic (exact) mass is 241 g/mol. The molecule has 0 aliphatic heterocycles. The van der Waals surface area contributed by atoms with Gasteiger partial charge in [0.25, 0.3) is 0 Å². The molecule has 1 nitrogen and oxygen atoms in total. The van der Waals surface area contributed by atoms with Crippen molar-refractivity contribution in [2.45, 2.75) is 39.7 Å². The number of nitrogens with one attached hydrogen (secondary N) is 1. The molecule has 96 valence electrons. The van der Waals surface area contributed by atoms with Gasteiger partial charge in [0.1, 0.15) is 11.6 Å². The molecule has 2 unspecified atom stereocenters. The topological polar surface area (TPSA) is 12.0 Å². The number of hydrogen-bond donors (Lipinski definition) is 1. The quantitative estimate of drug-likeness (QED) is 0.792. The van der Waals surface area contributed by atoms with E-state index >= 15 is 0 Å². The van der Waals surface area contributed by atoms with Gasteiger partial charge in [0.2, 0.25) is 0 Å². The lowest BCUT2D eigenvalue weighted by molar-refractivity contribution is 0.347. The van der Waals surface area contributed by atoms with Crippen molar-refractivity contribution in [1.82, 2.24) is 5.32 Å². The predicted molar refractivity (Wildman–Crippen MR) is 66.8 cm³/mol. The van der Waals surface area contributed by atoms with Crippen molar-refractivity contribution in [3.05, 3.63) is 35.4 Å². The van der Waals surface area contributed by atoms with Gasteiger partial charge in [-0.1, -0.05) is 33.3 Å². The van der Waals surface area contributed by atoms with E-state index in [0.717, 1.165) is 12.8 Å². The molecular formula is C14H21F2N. The molecule has 0 saturated heterocycles. The van der Waals surface area contributed by atoms with E-state index in [2.05, 4.69) is 12.2 Å². The molecule has 1 aromatic rings. The molecule has 0 amide bonds. The highest BCUT2D eigenvalue weighted by atomic mass is 19.1. The minimum Gasteiger partial charge on any atom is -0.310 e. The zero-order valence-electron chi connectivity index (χ0n) is 10.8. The SMILES string of the molecule is CCCC(C)C(NCC)c1c(F)cccc1F. The van der Waals surface area contributed by atoms with Crippen LogP contribution in [0.5, 0.6) is 0 Å². The number of halogens is 2. The highest BCUT2D eigenvalue weighted by molar-refractivity contribution is 5.24. The Morgan fingerprint density at radius 3 is 2.24 bits per heavy atom. The molecule has 1 rings (SSSR count). The molecule has 0 saturated carbocycles. The Kier molecular flexibility index (Phi) is 5.56. The van der Waals surface area contributed by atoms with Crippen molar-refractivity contribution >= 4 is 0 Å². The van der Waals surface area contributed by atoms with Crippen LogP contribution in [0.3, 0.4) is 0 Å². The lowest BCUT2D eigenvalue weighted by Crippen LogP contribution is -2.28. The van der Waals surface area contributed by atoms with Gasteiger partial charge in [0.05, 0.1) is 0 Å². The standard InChI is InChI=1S/C14H21F2N/c1-4-7-10(3)14(17-5-2)13-11(15)8-6-9-12(13)16/h6,8-10,14,17H,4-5,7H2,1-3H3. The fraction of sp³-hybridized carbons (Fsp3) is 0.571. The van der Waals surface area contributed by atoms with E-state index in [1.807, 2.05) is 13.8 Å². The van der Waals surface area contributed by atoms with Crippen LogP contribution in [0.1, 0.15) is 45.2 Å². The third kappa shape index (κ3) is 3.50. The summed E-state index contributed by atoms with van der Waals surface area (Å²) >= 11 is 0. The van der Waals surface area contributed by atoms with Gasteiger partial charge in [-0.2, -0.15) is 0 Å². The van der Waals surface area contributed by atoms with Crippen LogP contribution in [0.15, 0.2) is 18.2 Å². The molecule has 0 bridgehead atoms. The first-order chi connectivity index (χ1) is 8.11. The molecule has 0 spiro atoms. The van der Waals surface area contributed by atoms with Gasteiger partial charge in [-0.05, 0) is 31.0 Å². The zero-order valence-corrected chi connectivity index (χ0v) is 10.8. The highest BCUT2D eigenvalue weighted by Crippen LogP contribution is 2.29. The van der Waals surface area contributed by atoms with E-state index in [0.29, 0.717) is 6.54 Å². The van der Waals surface area contributed by atoms with Gasteiger partial charge in [0.15, 0.2) is 0 Å². The van der Waals surface area contributed by atoms with Crippen LogP contribution in [0.2, 0.25) is 0 Å². The molecule has 2 atom stereocenters. The zero-order chi connectivity index (χ0) is 12.8. The summed E-state index contributed by atoms with van der Waals surface area (Å²) in [5.74, 6) is -0.704. The van der Waals surface area contributed by atoms with Crippen LogP contribution in [0, 0.1) is 17.6 Å². The first kappa shape index (κ1) is 14.1.